The molecular weight excluding hydrogens is 414 g/mol. The zero-order valence-electron chi connectivity index (χ0n) is 18.2. The number of ether oxygens (including phenoxy) is 1. The number of nitrogens with zero attached hydrogens (tertiary/aromatic N) is 1. The highest BCUT2D eigenvalue weighted by molar-refractivity contribution is 7.92. The Labute approximate surface area is 184 Å². The second kappa shape index (κ2) is 10.2. The normalized spacial score (nSPS) is 14.5. The van der Waals surface area contributed by atoms with Crippen molar-refractivity contribution in [3.8, 4) is 5.75 Å². The highest BCUT2D eigenvalue weighted by Gasteiger charge is 2.29. The molecule has 31 heavy (non-hydrogen) atoms. The smallest absolute Gasteiger partial charge is 0.335 e. The number of anilines is 1. The van der Waals surface area contributed by atoms with Crippen molar-refractivity contribution in [1.82, 2.24) is 0 Å². The quantitative estimate of drug-likeness (QED) is 0.556. The van der Waals surface area contributed by atoms with Crippen LogP contribution in [0.3, 0.4) is 0 Å². The molecule has 6 nitrogen and oxygen atoms in total. The number of hydrogen-bond donors (Lipinski definition) is 1. The highest BCUT2D eigenvalue weighted by Crippen LogP contribution is 2.35. The van der Waals surface area contributed by atoms with Gasteiger partial charge in [-0.25, -0.2) is 13.2 Å². The van der Waals surface area contributed by atoms with Crippen LogP contribution in [0.15, 0.2) is 42.5 Å². The number of benzene rings is 2. The SMILES string of the molecule is CCCS(=O)(=O)N(CC1CCCC1)c1ccc(C)cc1OCc1ccc(C(=O)O)cc1. The molecule has 0 atom stereocenters. The van der Waals surface area contributed by atoms with Gasteiger partial charge in [-0.05, 0) is 67.5 Å². The number of sulfonamides is 1. The van der Waals surface area contributed by atoms with E-state index in [1.165, 1.54) is 12.1 Å². The Bertz CT molecular complexity index is 995. The molecule has 0 heterocycles. The van der Waals surface area contributed by atoms with Crippen LogP contribution in [0.2, 0.25) is 0 Å². The second-order valence-electron chi connectivity index (χ2n) is 8.26. The summed E-state index contributed by atoms with van der Waals surface area (Å²) in [5.74, 6) is 0.0189. The second-order valence-corrected chi connectivity index (χ2v) is 10.3. The average Bonchev–Trinajstić information content (AvgIpc) is 3.24. The third-order valence-electron chi connectivity index (χ3n) is 5.68. The van der Waals surface area contributed by atoms with E-state index in [1.807, 2.05) is 32.0 Å². The van der Waals surface area contributed by atoms with E-state index in [9.17, 15) is 13.2 Å². The van der Waals surface area contributed by atoms with Crippen LogP contribution in [0, 0.1) is 12.8 Å². The molecule has 1 fully saturated rings. The lowest BCUT2D eigenvalue weighted by Gasteiger charge is -2.29. The molecule has 1 aliphatic rings. The first-order valence-corrected chi connectivity index (χ1v) is 12.5. The van der Waals surface area contributed by atoms with Crippen molar-refractivity contribution in [2.45, 2.75) is 52.6 Å². The first kappa shape index (κ1) is 23.1. The summed E-state index contributed by atoms with van der Waals surface area (Å²) >= 11 is 0. The predicted octanol–water partition coefficient (Wildman–Crippen LogP) is 5.01. The lowest BCUT2D eigenvalue weighted by molar-refractivity contribution is 0.0697. The predicted molar refractivity (Wildman–Crippen MR) is 122 cm³/mol. The van der Waals surface area contributed by atoms with Crippen LogP contribution in [0.5, 0.6) is 5.75 Å². The summed E-state index contributed by atoms with van der Waals surface area (Å²) in [6.07, 6.45) is 4.96. The molecule has 7 heteroatoms. The Morgan fingerprint density at radius 1 is 1.13 bits per heavy atom. The zero-order valence-corrected chi connectivity index (χ0v) is 19.0. The molecule has 168 valence electrons. The van der Waals surface area contributed by atoms with Gasteiger partial charge in [-0.1, -0.05) is 38.0 Å². The summed E-state index contributed by atoms with van der Waals surface area (Å²) in [6.45, 7) is 4.52. The molecule has 0 radical (unpaired) electrons. The van der Waals surface area contributed by atoms with E-state index >= 15 is 0 Å². The summed E-state index contributed by atoms with van der Waals surface area (Å²) in [5, 5.41) is 9.05. The molecule has 0 bridgehead atoms. The van der Waals surface area contributed by atoms with Crippen LogP contribution in [-0.2, 0) is 16.6 Å². The maximum absolute atomic E-state index is 13.1. The van der Waals surface area contributed by atoms with Gasteiger partial charge in [0.15, 0.2) is 0 Å². The first-order valence-electron chi connectivity index (χ1n) is 10.9. The van der Waals surface area contributed by atoms with Gasteiger partial charge in [0.1, 0.15) is 12.4 Å². The van der Waals surface area contributed by atoms with Gasteiger partial charge in [0.2, 0.25) is 10.0 Å². The van der Waals surface area contributed by atoms with E-state index in [-0.39, 0.29) is 17.9 Å². The van der Waals surface area contributed by atoms with Crippen molar-refractivity contribution in [1.29, 1.82) is 0 Å². The van der Waals surface area contributed by atoms with Crippen LogP contribution >= 0.6 is 0 Å². The molecule has 0 aromatic heterocycles. The Balaban J connectivity index is 1.88. The Hall–Kier alpha value is -2.54. The van der Waals surface area contributed by atoms with E-state index in [4.69, 9.17) is 9.84 Å². The summed E-state index contributed by atoms with van der Waals surface area (Å²) in [6, 6.07) is 12.1. The van der Waals surface area contributed by atoms with Crippen molar-refractivity contribution < 1.29 is 23.1 Å². The molecule has 2 aromatic rings. The Morgan fingerprint density at radius 3 is 2.42 bits per heavy atom. The van der Waals surface area contributed by atoms with E-state index in [1.54, 1.807) is 16.4 Å². The molecular formula is C24H31NO5S. The van der Waals surface area contributed by atoms with Gasteiger partial charge < -0.3 is 9.84 Å². The Morgan fingerprint density at radius 2 is 1.81 bits per heavy atom. The van der Waals surface area contributed by atoms with Gasteiger partial charge in [-0.3, -0.25) is 4.31 Å². The molecule has 1 saturated carbocycles. The number of carboxylic acid groups (broad SMARTS) is 1. The molecule has 0 saturated heterocycles. The van der Waals surface area contributed by atoms with E-state index in [2.05, 4.69) is 0 Å². The zero-order chi connectivity index (χ0) is 22.4. The van der Waals surface area contributed by atoms with Crippen molar-refractivity contribution in [2.75, 3.05) is 16.6 Å². The largest absolute Gasteiger partial charge is 0.487 e. The van der Waals surface area contributed by atoms with Gasteiger partial charge in [0.05, 0.1) is 17.0 Å². The van der Waals surface area contributed by atoms with Crippen LogP contribution in [-0.4, -0.2) is 31.8 Å². The number of carboxylic acids is 1. The van der Waals surface area contributed by atoms with Crippen LogP contribution in [0.1, 0.15) is 60.5 Å². The van der Waals surface area contributed by atoms with Crippen molar-refractivity contribution >= 4 is 21.7 Å². The van der Waals surface area contributed by atoms with Crippen molar-refractivity contribution in [3.05, 3.63) is 59.2 Å². The van der Waals surface area contributed by atoms with Gasteiger partial charge in [0, 0.05) is 6.54 Å². The number of aromatic carboxylic acids is 1. The summed E-state index contributed by atoms with van der Waals surface area (Å²) in [7, 11) is -3.46. The highest BCUT2D eigenvalue weighted by atomic mass is 32.2. The summed E-state index contributed by atoms with van der Waals surface area (Å²) in [4.78, 5) is 11.0. The third kappa shape index (κ3) is 6.00. The fraction of sp³-hybridized carbons (Fsp3) is 0.458. The topological polar surface area (TPSA) is 83.9 Å². The maximum Gasteiger partial charge on any atom is 0.335 e. The monoisotopic (exact) mass is 445 g/mol. The molecule has 0 aliphatic heterocycles. The van der Waals surface area contributed by atoms with Crippen LogP contribution < -0.4 is 9.04 Å². The van der Waals surface area contributed by atoms with Crippen molar-refractivity contribution in [2.24, 2.45) is 5.92 Å². The fourth-order valence-corrected chi connectivity index (χ4v) is 5.63. The van der Waals surface area contributed by atoms with Crippen molar-refractivity contribution in [3.63, 3.8) is 0 Å². The van der Waals surface area contributed by atoms with Gasteiger partial charge in [0.25, 0.3) is 0 Å². The van der Waals surface area contributed by atoms with E-state index < -0.39 is 16.0 Å². The summed E-state index contributed by atoms with van der Waals surface area (Å²) < 4.78 is 33.9. The third-order valence-corrected chi connectivity index (χ3v) is 7.62. The minimum Gasteiger partial charge on any atom is -0.487 e. The van der Waals surface area contributed by atoms with Gasteiger partial charge in [-0.2, -0.15) is 0 Å². The molecule has 1 N–H and O–H groups in total. The number of carbonyl (C=O) groups is 1. The molecule has 2 aromatic carbocycles. The molecule has 0 amide bonds. The fourth-order valence-electron chi connectivity index (χ4n) is 4.00. The average molecular weight is 446 g/mol. The van der Waals surface area contributed by atoms with Crippen LogP contribution in [0.4, 0.5) is 5.69 Å². The van der Waals surface area contributed by atoms with Gasteiger partial charge in [-0.15, -0.1) is 0 Å². The number of aryl methyl sites for hydroxylation is 1. The molecule has 3 rings (SSSR count). The van der Waals surface area contributed by atoms with Gasteiger partial charge >= 0.3 is 5.97 Å². The summed E-state index contributed by atoms with van der Waals surface area (Å²) in [5.41, 5.74) is 2.59. The number of rotatable bonds is 10. The maximum atomic E-state index is 13.1. The molecule has 0 spiro atoms. The number of hydrogen-bond acceptors (Lipinski definition) is 4. The minimum atomic E-state index is -3.46. The van der Waals surface area contributed by atoms with Crippen LogP contribution in [0.25, 0.3) is 0 Å². The lowest BCUT2D eigenvalue weighted by atomic mass is 10.1. The van der Waals surface area contributed by atoms with E-state index in [0.29, 0.717) is 30.3 Å². The molecule has 0 unspecified atom stereocenters. The molecule has 1 aliphatic carbocycles. The standard InChI is InChI=1S/C24H31NO5S/c1-3-14-31(28,29)25(16-19-6-4-5-7-19)22-13-8-18(2)15-23(22)30-17-20-9-11-21(12-10-20)24(26)27/h8-13,15,19H,3-7,14,16-17H2,1-2H3,(H,26,27). The minimum absolute atomic E-state index is 0.101. The van der Waals surface area contributed by atoms with E-state index in [0.717, 1.165) is 36.8 Å². The first-order chi connectivity index (χ1) is 14.8. The Kier molecular flexibility index (Phi) is 7.59. The lowest BCUT2D eigenvalue weighted by Crippen LogP contribution is -2.36.